The van der Waals surface area contributed by atoms with E-state index in [2.05, 4.69) is 45.8 Å². The first-order valence-electron chi connectivity index (χ1n) is 9.50. The summed E-state index contributed by atoms with van der Waals surface area (Å²) >= 11 is 0. The van der Waals surface area contributed by atoms with E-state index in [1.54, 1.807) is 0 Å². The fraction of sp³-hybridized carbons (Fsp3) is 0.550. The first kappa shape index (κ1) is 16.0. The molecule has 2 N–H and O–H groups in total. The Bertz CT molecular complexity index is 809. The SMILES string of the molecule is O=C(O)C1CC(c2nc(C3(CN[C@@H]4C[C@H]4c4ccccc4)CC3)no2)C1. The van der Waals surface area contributed by atoms with E-state index >= 15 is 0 Å². The van der Waals surface area contributed by atoms with Gasteiger partial charge in [0.05, 0.1) is 5.92 Å². The van der Waals surface area contributed by atoms with Crippen LogP contribution in [0.2, 0.25) is 0 Å². The number of hydrogen-bond donors (Lipinski definition) is 2. The van der Waals surface area contributed by atoms with Gasteiger partial charge in [0, 0.05) is 29.8 Å². The molecule has 0 radical (unpaired) electrons. The Balaban J connectivity index is 1.17. The predicted octanol–water partition coefficient (Wildman–Crippen LogP) is 2.83. The maximum absolute atomic E-state index is 10.9. The Hall–Kier alpha value is -2.21. The molecule has 3 saturated carbocycles. The van der Waals surface area contributed by atoms with E-state index in [1.807, 2.05) is 0 Å². The summed E-state index contributed by atoms with van der Waals surface area (Å²) in [5.41, 5.74) is 1.43. The predicted molar refractivity (Wildman–Crippen MR) is 93.9 cm³/mol. The molecule has 5 rings (SSSR count). The Morgan fingerprint density at radius 1 is 1.23 bits per heavy atom. The van der Waals surface area contributed by atoms with Gasteiger partial charge in [-0.15, -0.1) is 0 Å². The fourth-order valence-electron chi connectivity index (χ4n) is 4.08. The maximum atomic E-state index is 10.9. The molecule has 0 aliphatic heterocycles. The second kappa shape index (κ2) is 5.91. The van der Waals surface area contributed by atoms with Crippen molar-refractivity contribution in [1.82, 2.24) is 15.5 Å². The highest BCUT2D eigenvalue weighted by atomic mass is 16.5. The van der Waals surface area contributed by atoms with Gasteiger partial charge in [-0.1, -0.05) is 35.5 Å². The molecule has 6 heteroatoms. The zero-order valence-electron chi connectivity index (χ0n) is 14.6. The molecule has 3 aliphatic rings. The number of carboxylic acid groups (broad SMARTS) is 1. The second-order valence-corrected chi connectivity index (χ2v) is 8.18. The molecule has 0 amide bonds. The lowest BCUT2D eigenvalue weighted by Gasteiger charge is -2.28. The van der Waals surface area contributed by atoms with Crippen molar-refractivity contribution in [3.8, 4) is 0 Å². The number of carbonyl (C=O) groups is 1. The van der Waals surface area contributed by atoms with E-state index in [0.717, 1.165) is 25.2 Å². The molecular formula is C20H23N3O3. The van der Waals surface area contributed by atoms with Crippen LogP contribution in [0.25, 0.3) is 0 Å². The summed E-state index contributed by atoms with van der Waals surface area (Å²) in [6.07, 6.45) is 4.59. The van der Waals surface area contributed by atoms with E-state index in [-0.39, 0.29) is 17.3 Å². The molecular weight excluding hydrogens is 330 g/mol. The van der Waals surface area contributed by atoms with Gasteiger partial charge in [0.1, 0.15) is 0 Å². The third-order valence-corrected chi connectivity index (χ3v) is 6.33. The minimum Gasteiger partial charge on any atom is -0.481 e. The number of hydrogen-bond acceptors (Lipinski definition) is 5. The van der Waals surface area contributed by atoms with E-state index in [1.165, 1.54) is 12.0 Å². The lowest BCUT2D eigenvalue weighted by atomic mass is 9.75. The summed E-state index contributed by atoms with van der Waals surface area (Å²) in [6.45, 7) is 0.891. The molecule has 0 spiro atoms. The summed E-state index contributed by atoms with van der Waals surface area (Å²) in [4.78, 5) is 15.6. The van der Waals surface area contributed by atoms with Gasteiger partial charge in [0.2, 0.25) is 5.89 Å². The van der Waals surface area contributed by atoms with Crippen LogP contribution in [-0.4, -0.2) is 33.8 Å². The fourth-order valence-corrected chi connectivity index (χ4v) is 4.08. The van der Waals surface area contributed by atoms with Gasteiger partial charge in [-0.2, -0.15) is 4.98 Å². The van der Waals surface area contributed by atoms with Crippen LogP contribution in [0.5, 0.6) is 0 Å². The molecule has 1 heterocycles. The Labute approximate surface area is 152 Å². The quantitative estimate of drug-likeness (QED) is 0.796. The lowest BCUT2D eigenvalue weighted by Crippen LogP contribution is -2.30. The molecule has 1 aromatic heterocycles. The van der Waals surface area contributed by atoms with Gasteiger partial charge in [-0.3, -0.25) is 4.79 Å². The van der Waals surface area contributed by atoms with Crippen LogP contribution in [0.4, 0.5) is 0 Å². The summed E-state index contributed by atoms with van der Waals surface area (Å²) in [5.74, 6) is 1.19. The highest BCUT2D eigenvalue weighted by Gasteiger charge is 2.51. The first-order chi connectivity index (χ1) is 12.6. The van der Waals surface area contributed by atoms with Crippen molar-refractivity contribution in [3.63, 3.8) is 0 Å². The summed E-state index contributed by atoms with van der Waals surface area (Å²) in [5, 5.41) is 16.9. The highest BCUT2D eigenvalue weighted by Crippen LogP contribution is 2.49. The highest BCUT2D eigenvalue weighted by molar-refractivity contribution is 5.71. The minimum absolute atomic E-state index is 0.0154. The number of rotatable bonds is 7. The molecule has 3 fully saturated rings. The molecule has 26 heavy (non-hydrogen) atoms. The average molecular weight is 353 g/mol. The average Bonchev–Trinajstić information content (AvgIpc) is 3.50. The van der Waals surface area contributed by atoms with Crippen molar-refractivity contribution in [3.05, 3.63) is 47.6 Å². The summed E-state index contributed by atoms with van der Waals surface area (Å²) < 4.78 is 5.45. The van der Waals surface area contributed by atoms with Gasteiger partial charge in [-0.05, 0) is 37.7 Å². The minimum atomic E-state index is -0.721. The largest absolute Gasteiger partial charge is 0.481 e. The Morgan fingerprint density at radius 3 is 2.69 bits per heavy atom. The van der Waals surface area contributed by atoms with Crippen LogP contribution in [0.3, 0.4) is 0 Å². The Morgan fingerprint density at radius 2 is 2.00 bits per heavy atom. The maximum Gasteiger partial charge on any atom is 0.306 e. The molecule has 136 valence electrons. The van der Waals surface area contributed by atoms with E-state index in [0.29, 0.717) is 30.7 Å². The molecule has 0 saturated heterocycles. The van der Waals surface area contributed by atoms with Crippen LogP contribution in [0, 0.1) is 5.92 Å². The van der Waals surface area contributed by atoms with Crippen molar-refractivity contribution in [1.29, 1.82) is 0 Å². The van der Waals surface area contributed by atoms with E-state index < -0.39 is 5.97 Å². The standard InChI is InChI=1S/C20H23N3O3/c24-18(25)14-8-13(9-14)17-22-19(23-26-17)20(6-7-20)11-21-16-10-15(16)12-4-2-1-3-5-12/h1-5,13-16,21H,6-11H2,(H,24,25)/t13?,14?,15-,16+/m0/s1. The normalized spacial score (nSPS) is 31.2. The Kier molecular flexibility index (Phi) is 3.64. The van der Waals surface area contributed by atoms with Crippen LogP contribution < -0.4 is 5.32 Å². The zero-order valence-corrected chi connectivity index (χ0v) is 14.6. The monoisotopic (exact) mass is 353 g/mol. The lowest BCUT2D eigenvalue weighted by molar-refractivity contribution is -0.145. The number of benzene rings is 1. The third-order valence-electron chi connectivity index (χ3n) is 6.33. The van der Waals surface area contributed by atoms with Gasteiger partial charge >= 0.3 is 5.97 Å². The number of aromatic nitrogens is 2. The van der Waals surface area contributed by atoms with Crippen LogP contribution in [0.1, 0.15) is 61.2 Å². The molecule has 3 aliphatic carbocycles. The summed E-state index contributed by atoms with van der Waals surface area (Å²) in [6, 6.07) is 11.2. The molecule has 2 aromatic rings. The van der Waals surface area contributed by atoms with Crippen LogP contribution in [0.15, 0.2) is 34.9 Å². The molecule has 0 bridgehead atoms. The van der Waals surface area contributed by atoms with Crippen LogP contribution in [-0.2, 0) is 10.2 Å². The third kappa shape index (κ3) is 2.82. The van der Waals surface area contributed by atoms with Crippen molar-refractivity contribution in [2.75, 3.05) is 6.54 Å². The first-order valence-corrected chi connectivity index (χ1v) is 9.50. The van der Waals surface area contributed by atoms with Gasteiger partial charge in [-0.25, -0.2) is 0 Å². The molecule has 2 atom stereocenters. The number of carboxylic acids is 1. The molecule has 1 aromatic carbocycles. The van der Waals surface area contributed by atoms with E-state index in [4.69, 9.17) is 9.63 Å². The van der Waals surface area contributed by atoms with E-state index in [9.17, 15) is 4.79 Å². The topological polar surface area (TPSA) is 88.2 Å². The zero-order chi connectivity index (χ0) is 17.7. The summed E-state index contributed by atoms with van der Waals surface area (Å²) in [7, 11) is 0. The number of nitrogens with zero attached hydrogens (tertiary/aromatic N) is 2. The van der Waals surface area contributed by atoms with Gasteiger partial charge in [0.15, 0.2) is 5.82 Å². The smallest absolute Gasteiger partial charge is 0.306 e. The number of nitrogens with one attached hydrogen (secondary N) is 1. The van der Waals surface area contributed by atoms with Crippen molar-refractivity contribution in [2.45, 2.75) is 55.4 Å². The van der Waals surface area contributed by atoms with Gasteiger partial charge in [0.25, 0.3) is 0 Å². The van der Waals surface area contributed by atoms with Crippen molar-refractivity contribution in [2.24, 2.45) is 5.92 Å². The van der Waals surface area contributed by atoms with Crippen LogP contribution >= 0.6 is 0 Å². The molecule has 6 nitrogen and oxygen atoms in total. The van der Waals surface area contributed by atoms with Gasteiger partial charge < -0.3 is 14.9 Å². The molecule has 0 unspecified atom stereocenters. The van der Waals surface area contributed by atoms with Crippen molar-refractivity contribution >= 4 is 5.97 Å². The van der Waals surface area contributed by atoms with Crippen molar-refractivity contribution < 1.29 is 14.4 Å². The second-order valence-electron chi connectivity index (χ2n) is 8.18. The number of aliphatic carboxylic acids is 1.